The first-order valence-corrected chi connectivity index (χ1v) is 6.65. The normalized spacial score (nSPS) is 35.8. The van der Waals surface area contributed by atoms with Crippen LogP contribution in [-0.4, -0.2) is 35.1 Å². The second-order valence-electron chi connectivity index (χ2n) is 5.42. The van der Waals surface area contributed by atoms with Gasteiger partial charge in [-0.3, -0.25) is 4.79 Å². The van der Waals surface area contributed by atoms with Crippen LogP contribution in [0, 0.1) is 11.8 Å². The van der Waals surface area contributed by atoms with Crippen molar-refractivity contribution >= 4 is 5.91 Å². The number of rotatable bonds is 3. The average Bonchev–Trinajstić information content (AvgIpc) is 2.67. The molecule has 3 unspecified atom stereocenters. The molecule has 3 heteroatoms. The van der Waals surface area contributed by atoms with Crippen molar-refractivity contribution in [3.8, 4) is 0 Å². The van der Waals surface area contributed by atoms with Gasteiger partial charge in [0.2, 0.25) is 5.91 Å². The van der Waals surface area contributed by atoms with Crippen LogP contribution < -0.4 is 0 Å². The molecule has 3 atom stereocenters. The van der Waals surface area contributed by atoms with E-state index >= 15 is 0 Å². The molecule has 0 aromatic heterocycles. The van der Waals surface area contributed by atoms with E-state index in [9.17, 15) is 9.90 Å². The third-order valence-corrected chi connectivity index (χ3v) is 4.19. The molecule has 0 bridgehead atoms. The van der Waals surface area contributed by atoms with Crippen LogP contribution in [0.1, 0.15) is 45.4 Å². The standard InChI is InChI=1S/C13H23NO2/c1-10-4-3-8-14(13(10)16)9-7-11-5-2-6-12(11)15/h10-12,15H,2-9H2,1H3. The van der Waals surface area contributed by atoms with Crippen molar-refractivity contribution in [3.63, 3.8) is 0 Å². The molecule has 92 valence electrons. The van der Waals surface area contributed by atoms with Crippen LogP contribution in [0.2, 0.25) is 0 Å². The molecule has 2 fully saturated rings. The summed E-state index contributed by atoms with van der Waals surface area (Å²) in [5.41, 5.74) is 0. The molecule has 1 saturated heterocycles. The highest BCUT2D eigenvalue weighted by Crippen LogP contribution is 2.29. The summed E-state index contributed by atoms with van der Waals surface area (Å²) in [6.45, 7) is 3.80. The van der Waals surface area contributed by atoms with Gasteiger partial charge >= 0.3 is 0 Å². The number of nitrogens with zero attached hydrogens (tertiary/aromatic N) is 1. The van der Waals surface area contributed by atoms with E-state index < -0.39 is 0 Å². The lowest BCUT2D eigenvalue weighted by Gasteiger charge is -2.31. The number of carbonyl (C=O) groups is 1. The number of piperidine rings is 1. The predicted octanol–water partition coefficient (Wildman–Crippen LogP) is 1.80. The van der Waals surface area contributed by atoms with Gasteiger partial charge in [0.15, 0.2) is 0 Å². The average molecular weight is 225 g/mol. The molecule has 1 saturated carbocycles. The molecule has 1 aliphatic heterocycles. The van der Waals surface area contributed by atoms with Crippen molar-refractivity contribution in [2.24, 2.45) is 11.8 Å². The van der Waals surface area contributed by atoms with Crippen LogP contribution in [-0.2, 0) is 4.79 Å². The smallest absolute Gasteiger partial charge is 0.225 e. The van der Waals surface area contributed by atoms with Crippen LogP contribution in [0.15, 0.2) is 0 Å². The summed E-state index contributed by atoms with van der Waals surface area (Å²) >= 11 is 0. The molecule has 1 N–H and O–H groups in total. The van der Waals surface area contributed by atoms with Crippen molar-refractivity contribution in [2.45, 2.75) is 51.6 Å². The Morgan fingerprint density at radius 3 is 2.81 bits per heavy atom. The monoisotopic (exact) mass is 225 g/mol. The molecule has 0 spiro atoms. The van der Waals surface area contributed by atoms with E-state index in [4.69, 9.17) is 0 Å². The maximum Gasteiger partial charge on any atom is 0.225 e. The second kappa shape index (κ2) is 5.17. The van der Waals surface area contributed by atoms with E-state index in [1.54, 1.807) is 0 Å². The lowest BCUT2D eigenvalue weighted by Crippen LogP contribution is -2.41. The SMILES string of the molecule is CC1CCCN(CCC2CCCC2O)C1=O. The van der Waals surface area contributed by atoms with Gasteiger partial charge in [-0.1, -0.05) is 13.3 Å². The minimum Gasteiger partial charge on any atom is -0.393 e. The molecule has 2 rings (SSSR count). The fourth-order valence-corrected chi connectivity index (χ4v) is 3.03. The molecule has 1 amide bonds. The van der Waals surface area contributed by atoms with Crippen molar-refractivity contribution in [1.29, 1.82) is 0 Å². The first kappa shape index (κ1) is 11.9. The minimum atomic E-state index is -0.114. The molecule has 3 nitrogen and oxygen atoms in total. The summed E-state index contributed by atoms with van der Waals surface area (Å²) in [6.07, 6.45) is 6.29. The zero-order valence-corrected chi connectivity index (χ0v) is 10.2. The number of hydrogen-bond acceptors (Lipinski definition) is 2. The fraction of sp³-hybridized carbons (Fsp3) is 0.923. The third-order valence-electron chi connectivity index (χ3n) is 4.19. The van der Waals surface area contributed by atoms with E-state index in [-0.39, 0.29) is 12.0 Å². The highest BCUT2D eigenvalue weighted by Gasteiger charge is 2.28. The van der Waals surface area contributed by atoms with Crippen LogP contribution >= 0.6 is 0 Å². The predicted molar refractivity (Wildman–Crippen MR) is 62.9 cm³/mol. The van der Waals surface area contributed by atoms with Crippen LogP contribution in [0.3, 0.4) is 0 Å². The molecule has 1 heterocycles. The highest BCUT2D eigenvalue weighted by atomic mass is 16.3. The Morgan fingerprint density at radius 1 is 1.31 bits per heavy atom. The maximum absolute atomic E-state index is 11.9. The summed E-state index contributed by atoms with van der Waals surface area (Å²) in [4.78, 5) is 13.9. The summed E-state index contributed by atoms with van der Waals surface area (Å²) in [7, 11) is 0. The molecule has 0 aromatic rings. The Hall–Kier alpha value is -0.570. The van der Waals surface area contributed by atoms with Crippen molar-refractivity contribution in [2.75, 3.05) is 13.1 Å². The Labute approximate surface area is 97.8 Å². The van der Waals surface area contributed by atoms with Gasteiger partial charge in [-0.05, 0) is 38.0 Å². The molecule has 1 aliphatic carbocycles. The van der Waals surface area contributed by atoms with Gasteiger partial charge in [-0.2, -0.15) is 0 Å². The lowest BCUT2D eigenvalue weighted by atomic mass is 9.97. The number of aliphatic hydroxyl groups excluding tert-OH is 1. The van der Waals surface area contributed by atoms with E-state index in [0.717, 1.165) is 51.6 Å². The van der Waals surface area contributed by atoms with Gasteiger partial charge < -0.3 is 10.0 Å². The molecule has 16 heavy (non-hydrogen) atoms. The van der Waals surface area contributed by atoms with E-state index in [0.29, 0.717) is 11.8 Å². The van der Waals surface area contributed by atoms with Crippen LogP contribution in [0.4, 0.5) is 0 Å². The van der Waals surface area contributed by atoms with Crippen molar-refractivity contribution < 1.29 is 9.90 Å². The molecule has 2 aliphatic rings. The van der Waals surface area contributed by atoms with Gasteiger partial charge in [0.1, 0.15) is 0 Å². The van der Waals surface area contributed by atoms with Gasteiger partial charge in [0.05, 0.1) is 6.10 Å². The number of amides is 1. The maximum atomic E-state index is 11.9. The topological polar surface area (TPSA) is 40.5 Å². The number of likely N-dealkylation sites (tertiary alicyclic amines) is 1. The van der Waals surface area contributed by atoms with Gasteiger partial charge in [-0.25, -0.2) is 0 Å². The minimum absolute atomic E-state index is 0.114. The second-order valence-corrected chi connectivity index (χ2v) is 5.42. The first-order valence-electron chi connectivity index (χ1n) is 6.65. The molecule has 0 aromatic carbocycles. The van der Waals surface area contributed by atoms with Crippen LogP contribution in [0.5, 0.6) is 0 Å². The van der Waals surface area contributed by atoms with E-state index in [1.165, 1.54) is 0 Å². The first-order chi connectivity index (χ1) is 7.68. The van der Waals surface area contributed by atoms with Crippen molar-refractivity contribution in [3.05, 3.63) is 0 Å². The van der Waals surface area contributed by atoms with Gasteiger partial charge in [-0.15, -0.1) is 0 Å². The number of aliphatic hydroxyl groups is 1. The summed E-state index contributed by atoms with van der Waals surface area (Å²) in [5, 5.41) is 9.73. The molecule has 0 radical (unpaired) electrons. The van der Waals surface area contributed by atoms with Crippen molar-refractivity contribution in [1.82, 2.24) is 4.90 Å². The summed E-state index contributed by atoms with van der Waals surface area (Å²) < 4.78 is 0. The molecular formula is C13H23NO2. The number of hydrogen-bond donors (Lipinski definition) is 1. The Morgan fingerprint density at radius 2 is 2.12 bits per heavy atom. The van der Waals surface area contributed by atoms with Gasteiger partial charge in [0.25, 0.3) is 0 Å². The van der Waals surface area contributed by atoms with E-state index in [2.05, 4.69) is 0 Å². The number of carbonyl (C=O) groups excluding carboxylic acids is 1. The third kappa shape index (κ3) is 2.57. The Bertz CT molecular complexity index is 254. The molecular weight excluding hydrogens is 202 g/mol. The Kier molecular flexibility index (Phi) is 3.85. The zero-order chi connectivity index (χ0) is 11.5. The highest BCUT2D eigenvalue weighted by molar-refractivity contribution is 5.79. The zero-order valence-electron chi connectivity index (χ0n) is 10.2. The summed E-state index contributed by atoms with van der Waals surface area (Å²) in [6, 6.07) is 0. The largest absolute Gasteiger partial charge is 0.393 e. The fourth-order valence-electron chi connectivity index (χ4n) is 3.03. The van der Waals surface area contributed by atoms with E-state index in [1.807, 2.05) is 11.8 Å². The summed E-state index contributed by atoms with van der Waals surface area (Å²) in [5.74, 6) is 0.964. The quantitative estimate of drug-likeness (QED) is 0.795. The lowest BCUT2D eigenvalue weighted by molar-refractivity contribution is -0.138. The van der Waals surface area contributed by atoms with Crippen LogP contribution in [0.25, 0.3) is 0 Å². The Balaban J connectivity index is 1.78. The van der Waals surface area contributed by atoms with Gasteiger partial charge in [0, 0.05) is 19.0 Å².